The van der Waals surface area contributed by atoms with Gasteiger partial charge in [-0.25, -0.2) is 0 Å². The van der Waals surface area contributed by atoms with Gasteiger partial charge in [0.25, 0.3) is 0 Å². The van der Waals surface area contributed by atoms with Gasteiger partial charge in [0.2, 0.25) is 0 Å². The molecule has 0 aliphatic carbocycles. The number of aliphatic hydroxyl groups is 1. The molecule has 0 amide bonds. The molecule has 0 spiro atoms. The lowest BCUT2D eigenvalue weighted by atomic mass is 10.1. The molecular weight excluding hydrogens is 275 g/mol. The zero-order valence-electron chi connectivity index (χ0n) is 7.02. The van der Waals surface area contributed by atoms with Crippen LogP contribution in [-0.4, -0.2) is 19.3 Å². The van der Waals surface area contributed by atoms with E-state index in [1.807, 2.05) is 0 Å². The first kappa shape index (κ1) is 11.6. The van der Waals surface area contributed by atoms with Gasteiger partial charge in [-0.05, 0) is 17.7 Å². The van der Waals surface area contributed by atoms with Crippen LogP contribution in [0.3, 0.4) is 0 Å². The summed E-state index contributed by atoms with van der Waals surface area (Å²) in [5.41, 5.74) is 0.362. The van der Waals surface area contributed by atoms with Gasteiger partial charge in [0.15, 0.2) is 0 Å². The van der Waals surface area contributed by atoms with Gasteiger partial charge in [0.1, 0.15) is 5.75 Å². The fraction of sp³-hybridized carbons (Fsp3) is 0.250. The van der Waals surface area contributed by atoms with Crippen LogP contribution in [0.15, 0.2) is 28.7 Å². The molecule has 0 aromatic heterocycles. The Kier molecular flexibility index (Phi) is 3.63. The van der Waals surface area contributed by atoms with Crippen molar-refractivity contribution in [2.24, 2.45) is 0 Å². The number of hydrogen-bond acceptors (Lipinski definition) is 3. The predicted octanol–water partition coefficient (Wildman–Crippen LogP) is 1.78. The van der Waals surface area contributed by atoms with Crippen LogP contribution in [0.5, 0.6) is 0 Å². The van der Waals surface area contributed by atoms with E-state index in [-0.39, 0.29) is 0 Å². The third-order valence-electron chi connectivity index (χ3n) is 1.59. The molecule has 1 unspecified atom stereocenters. The smallest absolute Gasteiger partial charge is 0.305 e. The lowest BCUT2D eigenvalue weighted by molar-refractivity contribution is 0.200. The van der Waals surface area contributed by atoms with Gasteiger partial charge in [0, 0.05) is 4.47 Å². The summed E-state index contributed by atoms with van der Waals surface area (Å²) in [6, 6.07) is 6.42. The fourth-order valence-corrected chi connectivity index (χ4v) is 1.99. The minimum Gasteiger partial charge on any atom is -0.387 e. The minimum absolute atomic E-state index is 0.362. The van der Waals surface area contributed by atoms with Crippen molar-refractivity contribution in [1.82, 2.24) is 0 Å². The van der Waals surface area contributed by atoms with E-state index in [0.717, 1.165) is 0 Å². The van der Waals surface area contributed by atoms with Crippen molar-refractivity contribution < 1.29 is 17.4 Å². The second-order valence-corrected chi connectivity index (χ2v) is 5.10. The third kappa shape index (κ3) is 3.73. The van der Waals surface area contributed by atoms with Crippen LogP contribution < -0.4 is 0 Å². The van der Waals surface area contributed by atoms with E-state index < -0.39 is 22.1 Å². The molecule has 1 N–H and O–H groups in total. The quantitative estimate of drug-likeness (QED) is 0.860. The van der Waals surface area contributed by atoms with Crippen molar-refractivity contribution >= 4 is 26.2 Å². The summed E-state index contributed by atoms with van der Waals surface area (Å²) in [5.74, 6) is -0.913. The number of halogens is 2. The first-order chi connectivity index (χ1) is 6.38. The SMILES string of the molecule is O=S(=O)(F)CC(O)c1cccc(Br)c1. The molecule has 0 fully saturated rings. The largest absolute Gasteiger partial charge is 0.387 e. The Morgan fingerprint density at radius 3 is 2.64 bits per heavy atom. The van der Waals surface area contributed by atoms with Gasteiger partial charge in [-0.1, -0.05) is 28.1 Å². The van der Waals surface area contributed by atoms with E-state index in [4.69, 9.17) is 0 Å². The number of rotatable bonds is 3. The van der Waals surface area contributed by atoms with Gasteiger partial charge in [0.05, 0.1) is 6.10 Å². The topological polar surface area (TPSA) is 54.4 Å². The summed E-state index contributed by atoms with van der Waals surface area (Å²) in [6.45, 7) is 0. The van der Waals surface area contributed by atoms with Crippen LogP contribution in [0, 0.1) is 0 Å². The minimum atomic E-state index is -4.65. The van der Waals surface area contributed by atoms with Gasteiger partial charge >= 0.3 is 10.2 Å². The first-order valence-electron chi connectivity index (χ1n) is 3.74. The maximum Gasteiger partial charge on any atom is 0.305 e. The van der Waals surface area contributed by atoms with Gasteiger partial charge < -0.3 is 5.11 Å². The van der Waals surface area contributed by atoms with Crippen molar-refractivity contribution in [2.75, 3.05) is 5.75 Å². The van der Waals surface area contributed by atoms with Crippen molar-refractivity contribution in [3.8, 4) is 0 Å². The van der Waals surface area contributed by atoms with E-state index in [0.29, 0.717) is 10.0 Å². The van der Waals surface area contributed by atoms with Gasteiger partial charge in [-0.3, -0.25) is 0 Å². The van der Waals surface area contributed by atoms with E-state index >= 15 is 0 Å². The molecule has 0 saturated carbocycles. The normalized spacial score (nSPS) is 13.9. The van der Waals surface area contributed by atoms with Crippen molar-refractivity contribution in [1.29, 1.82) is 0 Å². The molecule has 3 nitrogen and oxygen atoms in total. The Bertz CT molecular complexity index is 418. The highest BCUT2D eigenvalue weighted by molar-refractivity contribution is 9.10. The maximum absolute atomic E-state index is 12.2. The molecule has 1 rings (SSSR count). The van der Waals surface area contributed by atoms with Crippen LogP contribution >= 0.6 is 15.9 Å². The molecule has 0 radical (unpaired) electrons. The molecule has 1 atom stereocenters. The molecule has 6 heteroatoms. The lowest BCUT2D eigenvalue weighted by Gasteiger charge is -2.07. The number of aliphatic hydroxyl groups excluding tert-OH is 1. The van der Waals surface area contributed by atoms with Crippen LogP contribution in [0.2, 0.25) is 0 Å². The first-order valence-corrected chi connectivity index (χ1v) is 6.09. The monoisotopic (exact) mass is 282 g/mol. The summed E-state index contributed by atoms with van der Waals surface area (Å²) in [7, 11) is -4.65. The summed E-state index contributed by atoms with van der Waals surface area (Å²) in [6.07, 6.45) is -1.33. The van der Waals surface area contributed by atoms with Crippen molar-refractivity contribution in [3.05, 3.63) is 34.3 Å². The fourth-order valence-electron chi connectivity index (χ4n) is 0.999. The Morgan fingerprint density at radius 2 is 2.14 bits per heavy atom. The molecule has 14 heavy (non-hydrogen) atoms. The van der Waals surface area contributed by atoms with Crippen LogP contribution in [0.1, 0.15) is 11.7 Å². The second-order valence-electron chi connectivity index (χ2n) is 2.78. The zero-order chi connectivity index (χ0) is 10.8. The van der Waals surface area contributed by atoms with Crippen LogP contribution in [0.4, 0.5) is 3.89 Å². The number of benzene rings is 1. The van der Waals surface area contributed by atoms with Crippen LogP contribution in [-0.2, 0) is 10.2 Å². The van der Waals surface area contributed by atoms with E-state index in [1.165, 1.54) is 12.1 Å². The molecule has 0 bridgehead atoms. The van der Waals surface area contributed by atoms with E-state index in [9.17, 15) is 17.4 Å². The zero-order valence-corrected chi connectivity index (χ0v) is 9.42. The van der Waals surface area contributed by atoms with Gasteiger partial charge in [-0.15, -0.1) is 3.89 Å². The predicted molar refractivity (Wildman–Crippen MR) is 54.0 cm³/mol. The second kappa shape index (κ2) is 4.37. The van der Waals surface area contributed by atoms with Gasteiger partial charge in [-0.2, -0.15) is 8.42 Å². The maximum atomic E-state index is 12.2. The molecule has 1 aromatic rings. The average Bonchev–Trinajstić information content (AvgIpc) is 2.01. The van der Waals surface area contributed by atoms with E-state index in [2.05, 4.69) is 15.9 Å². The van der Waals surface area contributed by atoms with Crippen molar-refractivity contribution in [2.45, 2.75) is 6.10 Å². The Balaban J connectivity index is 2.85. The standard InChI is InChI=1S/C8H8BrFO3S/c9-7-3-1-2-6(4-7)8(11)5-14(10,12)13/h1-4,8,11H,5H2. The molecular formula is C8H8BrFO3S. The number of hydrogen-bond donors (Lipinski definition) is 1. The van der Waals surface area contributed by atoms with E-state index in [1.54, 1.807) is 12.1 Å². The summed E-state index contributed by atoms with van der Waals surface area (Å²) in [5, 5.41) is 9.34. The van der Waals surface area contributed by atoms with Crippen molar-refractivity contribution in [3.63, 3.8) is 0 Å². The molecule has 0 aliphatic heterocycles. The molecule has 0 heterocycles. The summed E-state index contributed by atoms with van der Waals surface area (Å²) < 4.78 is 33.4. The summed E-state index contributed by atoms with van der Waals surface area (Å²) in [4.78, 5) is 0. The molecule has 0 aliphatic rings. The highest BCUT2D eigenvalue weighted by Gasteiger charge is 2.17. The Labute approximate surface area is 89.9 Å². The molecule has 1 aromatic carbocycles. The molecule has 0 saturated heterocycles. The Hall–Kier alpha value is -0.460. The lowest BCUT2D eigenvalue weighted by Crippen LogP contribution is -2.09. The Morgan fingerprint density at radius 1 is 1.50 bits per heavy atom. The average molecular weight is 283 g/mol. The molecule has 78 valence electrons. The highest BCUT2D eigenvalue weighted by atomic mass is 79.9. The highest BCUT2D eigenvalue weighted by Crippen LogP contribution is 2.19. The van der Waals surface area contributed by atoms with Crippen LogP contribution in [0.25, 0.3) is 0 Å². The third-order valence-corrected chi connectivity index (χ3v) is 2.80. The summed E-state index contributed by atoms with van der Waals surface area (Å²) >= 11 is 3.16.